The summed E-state index contributed by atoms with van der Waals surface area (Å²) < 4.78 is 9.97. The summed E-state index contributed by atoms with van der Waals surface area (Å²) in [5.41, 5.74) is 13.7. The quantitative estimate of drug-likeness (QED) is 0.269. The lowest BCUT2D eigenvalue weighted by molar-refractivity contribution is 0.0425. The minimum Gasteiger partial charge on any atom is -0.490 e. The first-order chi connectivity index (χ1) is 26.1. The van der Waals surface area contributed by atoms with Gasteiger partial charge in [0.1, 0.15) is 6.10 Å². The zero-order valence-electron chi connectivity index (χ0n) is 30.9. The normalized spacial score (nSPS) is 29.9. The Kier molecular flexibility index (Phi) is 8.70. The van der Waals surface area contributed by atoms with Crippen LogP contribution in [0.15, 0.2) is 125 Å². The lowest BCUT2D eigenvalue weighted by Gasteiger charge is -2.35. The molecule has 4 heterocycles. The Bertz CT molecular complexity index is 2190. The molecule has 7 unspecified atom stereocenters. The molecule has 1 saturated heterocycles. The van der Waals surface area contributed by atoms with Crippen LogP contribution in [0.4, 0.5) is 0 Å². The highest BCUT2D eigenvalue weighted by Gasteiger charge is 2.41. The molecule has 0 spiro atoms. The van der Waals surface area contributed by atoms with Gasteiger partial charge < -0.3 is 9.30 Å². The third-order valence-electron chi connectivity index (χ3n) is 13.0. The van der Waals surface area contributed by atoms with Crippen molar-refractivity contribution < 1.29 is 4.74 Å². The number of allylic oxidation sites excluding steroid dienone is 10. The van der Waals surface area contributed by atoms with E-state index in [0.717, 1.165) is 50.0 Å². The van der Waals surface area contributed by atoms with Gasteiger partial charge in [0.2, 0.25) is 0 Å². The molecular weight excluding hydrogens is 665 g/mol. The number of nitrogens with zero attached hydrogens (tertiary/aromatic N) is 2. The van der Waals surface area contributed by atoms with E-state index in [0.29, 0.717) is 23.0 Å². The molecule has 268 valence electrons. The number of benzene rings is 2. The van der Waals surface area contributed by atoms with Gasteiger partial charge in [-0.3, -0.25) is 4.99 Å². The van der Waals surface area contributed by atoms with Crippen molar-refractivity contribution in [3.63, 3.8) is 0 Å². The Balaban J connectivity index is 0.995. The maximum absolute atomic E-state index is 7.30. The van der Waals surface area contributed by atoms with Gasteiger partial charge in [0, 0.05) is 50.9 Å². The summed E-state index contributed by atoms with van der Waals surface area (Å²) in [6.45, 7) is 7.10. The number of hydrogen-bond acceptors (Lipinski definition) is 3. The van der Waals surface area contributed by atoms with Crippen molar-refractivity contribution in [3.8, 4) is 0 Å². The standard InChI is InChI=1S/C49H50N2OS/c1-31-14-12-20-37(28-31)51-43-24-10-8-23-40(43)46-44(51)27-26-34-17-6-7-21-38(32(2)52-48(34)46)35-18-13-19-36(29-35)42-30-41-39-22-9-11-25-45(39)53-49(41)47(50-42)33-15-4-3-5-16-33/h3-5,8-9,11-15,18-20,22-23,25,29-31,33-34,38,47-49H,2,6-7,10,16-17,21,24,26-28H2,1H3. The average Bonchev–Trinajstić information content (AvgIpc) is 3.76. The Hall–Kier alpha value is -4.28. The van der Waals surface area contributed by atoms with Gasteiger partial charge in [-0.15, -0.1) is 11.8 Å². The predicted molar refractivity (Wildman–Crippen MR) is 222 cm³/mol. The van der Waals surface area contributed by atoms with E-state index < -0.39 is 0 Å². The monoisotopic (exact) mass is 714 g/mol. The van der Waals surface area contributed by atoms with Crippen LogP contribution >= 0.6 is 11.8 Å². The molecule has 3 aromatic rings. The highest BCUT2D eigenvalue weighted by Crippen LogP contribution is 2.52. The smallest absolute Gasteiger partial charge is 0.128 e. The average molecular weight is 715 g/mol. The molecule has 4 aliphatic carbocycles. The molecule has 1 fully saturated rings. The molecule has 0 amide bonds. The molecule has 3 aliphatic heterocycles. The van der Waals surface area contributed by atoms with E-state index in [9.17, 15) is 0 Å². The van der Waals surface area contributed by atoms with Crippen LogP contribution < -0.4 is 0 Å². The van der Waals surface area contributed by atoms with Crippen LogP contribution in [0.3, 0.4) is 0 Å². The number of dihydropyridines is 1. The Morgan fingerprint density at radius 3 is 2.75 bits per heavy atom. The number of ether oxygens (including phenoxy) is 1. The molecule has 7 atom stereocenters. The van der Waals surface area contributed by atoms with Gasteiger partial charge in [0.05, 0.1) is 22.8 Å². The molecular formula is C49H50N2OS. The third kappa shape index (κ3) is 5.93. The lowest BCUT2D eigenvalue weighted by atomic mass is 9.79. The number of fused-ring (bicyclic) bond motifs is 8. The van der Waals surface area contributed by atoms with E-state index in [4.69, 9.17) is 16.3 Å². The Morgan fingerprint density at radius 2 is 1.85 bits per heavy atom. The summed E-state index contributed by atoms with van der Waals surface area (Å²) in [5, 5.41) is 0.348. The summed E-state index contributed by atoms with van der Waals surface area (Å²) in [4.78, 5) is 6.96. The van der Waals surface area contributed by atoms with Crippen LogP contribution in [0.5, 0.6) is 0 Å². The summed E-state index contributed by atoms with van der Waals surface area (Å²) in [5.74, 6) is 2.56. The highest BCUT2D eigenvalue weighted by atomic mass is 32.2. The maximum Gasteiger partial charge on any atom is 0.128 e. The van der Waals surface area contributed by atoms with E-state index in [1.807, 2.05) is 11.8 Å². The number of aliphatic imine (C=N–C) groups is 1. The van der Waals surface area contributed by atoms with E-state index in [1.54, 1.807) is 0 Å². The van der Waals surface area contributed by atoms with E-state index in [-0.39, 0.29) is 18.1 Å². The van der Waals surface area contributed by atoms with Crippen molar-refractivity contribution in [2.24, 2.45) is 22.7 Å². The van der Waals surface area contributed by atoms with E-state index in [2.05, 4.69) is 121 Å². The molecule has 10 rings (SSSR count). The van der Waals surface area contributed by atoms with E-state index >= 15 is 0 Å². The summed E-state index contributed by atoms with van der Waals surface area (Å²) in [7, 11) is 0. The SMILES string of the molecule is C=C1OC2c3c4c(n(C5=CC=CC(C)C5)c3CCC2CCCCC1c1cccc(C2=NC(C3C=CC=CC3)C3Sc5ccccc5C3=C2)c1)CCC=C4. The van der Waals surface area contributed by atoms with Gasteiger partial charge in [-0.25, -0.2) is 0 Å². The molecule has 2 aromatic carbocycles. The number of hydrogen-bond donors (Lipinski definition) is 0. The van der Waals surface area contributed by atoms with Crippen LogP contribution in [0.25, 0.3) is 17.3 Å². The van der Waals surface area contributed by atoms with Gasteiger partial charge in [-0.1, -0.05) is 111 Å². The van der Waals surface area contributed by atoms with Gasteiger partial charge in [0.25, 0.3) is 0 Å². The van der Waals surface area contributed by atoms with Crippen molar-refractivity contribution in [2.45, 2.75) is 99.3 Å². The zero-order chi connectivity index (χ0) is 35.5. The fraction of sp³-hybridized carbons (Fsp3) is 0.367. The fourth-order valence-corrected chi connectivity index (χ4v) is 11.8. The predicted octanol–water partition coefficient (Wildman–Crippen LogP) is 12.2. The van der Waals surface area contributed by atoms with Gasteiger partial charge in [-0.05, 0) is 104 Å². The molecule has 4 heteroatoms. The minimum absolute atomic E-state index is 0.0487. The zero-order valence-corrected chi connectivity index (χ0v) is 31.7. The second-order valence-corrected chi connectivity index (χ2v) is 17.5. The molecule has 1 aromatic heterocycles. The van der Waals surface area contributed by atoms with Crippen LogP contribution in [-0.2, 0) is 17.6 Å². The lowest BCUT2D eigenvalue weighted by Crippen LogP contribution is -2.32. The van der Waals surface area contributed by atoms with Gasteiger partial charge in [-0.2, -0.15) is 0 Å². The van der Waals surface area contributed by atoms with Crippen LogP contribution in [-0.4, -0.2) is 21.6 Å². The molecule has 3 nitrogen and oxygen atoms in total. The molecule has 53 heavy (non-hydrogen) atoms. The van der Waals surface area contributed by atoms with Crippen LogP contribution in [0.1, 0.15) is 110 Å². The first-order valence-corrected chi connectivity index (χ1v) is 21.1. The minimum atomic E-state index is 0.0487. The van der Waals surface area contributed by atoms with E-state index in [1.165, 1.54) is 81.1 Å². The summed E-state index contributed by atoms with van der Waals surface area (Å²) >= 11 is 2.00. The Labute approximate surface area is 319 Å². The van der Waals surface area contributed by atoms with Crippen molar-refractivity contribution in [2.75, 3.05) is 0 Å². The van der Waals surface area contributed by atoms with Gasteiger partial charge >= 0.3 is 0 Å². The summed E-state index contributed by atoms with van der Waals surface area (Å²) in [6.07, 6.45) is 34.6. The fourth-order valence-electron chi connectivity index (χ4n) is 10.4. The number of rotatable bonds is 4. The first kappa shape index (κ1) is 33.3. The van der Waals surface area contributed by atoms with Gasteiger partial charge in [0.15, 0.2) is 0 Å². The largest absolute Gasteiger partial charge is 0.490 e. The highest BCUT2D eigenvalue weighted by molar-refractivity contribution is 8.01. The van der Waals surface area contributed by atoms with Crippen molar-refractivity contribution >= 4 is 34.8 Å². The van der Waals surface area contributed by atoms with Crippen molar-refractivity contribution in [1.82, 2.24) is 4.57 Å². The van der Waals surface area contributed by atoms with Crippen LogP contribution in [0.2, 0.25) is 0 Å². The maximum atomic E-state index is 7.30. The Morgan fingerprint density at radius 1 is 0.925 bits per heavy atom. The first-order valence-electron chi connectivity index (χ1n) is 20.3. The second kappa shape index (κ2) is 13.9. The molecule has 0 radical (unpaired) electrons. The topological polar surface area (TPSA) is 26.5 Å². The molecule has 0 N–H and O–H groups in total. The molecule has 7 aliphatic rings. The van der Waals surface area contributed by atoms with Crippen LogP contribution in [0, 0.1) is 17.8 Å². The third-order valence-corrected chi connectivity index (χ3v) is 14.4. The van der Waals surface area contributed by atoms with Crippen molar-refractivity contribution in [3.05, 3.63) is 155 Å². The second-order valence-electron chi connectivity index (χ2n) is 16.3. The molecule has 0 saturated carbocycles. The number of aromatic nitrogens is 1. The molecule has 0 bridgehead atoms. The number of thioether (sulfide) groups is 1. The summed E-state index contributed by atoms with van der Waals surface area (Å²) in [6, 6.07) is 18.3. The van der Waals surface area contributed by atoms with Crippen molar-refractivity contribution in [1.29, 1.82) is 0 Å².